The molecule has 0 amide bonds. The van der Waals surface area contributed by atoms with Crippen LogP contribution in [-0.2, 0) is 4.74 Å². The van der Waals surface area contributed by atoms with Crippen LogP contribution in [-0.4, -0.2) is 18.9 Å². The largest absolute Gasteiger partial charge is 0.462 e. The van der Waals surface area contributed by atoms with Gasteiger partial charge in [-0.15, -0.1) is 0 Å². The van der Waals surface area contributed by atoms with Crippen molar-refractivity contribution in [1.29, 1.82) is 0 Å². The smallest absolute Gasteiger partial charge is 0.338 e. The van der Waals surface area contributed by atoms with E-state index in [4.69, 9.17) is 4.74 Å². The van der Waals surface area contributed by atoms with Crippen LogP contribution >= 0.6 is 0 Å². The summed E-state index contributed by atoms with van der Waals surface area (Å²) < 4.78 is 4.91. The summed E-state index contributed by atoms with van der Waals surface area (Å²) in [6.07, 6.45) is 0.731. The SMILES string of the molecule is CCOC(=O)c1cc(C=O)cc(C)c1C. The van der Waals surface area contributed by atoms with Crippen molar-refractivity contribution in [3.63, 3.8) is 0 Å². The molecular weight excluding hydrogens is 192 g/mol. The first-order valence-electron chi connectivity index (χ1n) is 4.83. The van der Waals surface area contributed by atoms with Crippen molar-refractivity contribution < 1.29 is 14.3 Å². The van der Waals surface area contributed by atoms with E-state index in [2.05, 4.69) is 0 Å². The molecule has 0 radical (unpaired) electrons. The first-order valence-corrected chi connectivity index (χ1v) is 4.83. The summed E-state index contributed by atoms with van der Waals surface area (Å²) in [6.45, 7) is 5.80. The quantitative estimate of drug-likeness (QED) is 0.563. The van der Waals surface area contributed by atoms with E-state index in [0.717, 1.165) is 17.4 Å². The summed E-state index contributed by atoms with van der Waals surface area (Å²) in [6, 6.07) is 3.32. The third-order valence-electron chi connectivity index (χ3n) is 2.32. The molecule has 3 nitrogen and oxygen atoms in total. The Kier molecular flexibility index (Phi) is 3.61. The third-order valence-corrected chi connectivity index (χ3v) is 2.32. The number of rotatable bonds is 3. The molecule has 1 rings (SSSR count). The second kappa shape index (κ2) is 4.73. The lowest BCUT2D eigenvalue weighted by atomic mass is 10.0. The molecule has 1 aromatic carbocycles. The van der Waals surface area contributed by atoms with E-state index in [1.807, 2.05) is 13.8 Å². The van der Waals surface area contributed by atoms with Gasteiger partial charge in [0.05, 0.1) is 12.2 Å². The minimum absolute atomic E-state index is 0.336. The van der Waals surface area contributed by atoms with Crippen molar-refractivity contribution in [1.82, 2.24) is 0 Å². The van der Waals surface area contributed by atoms with Gasteiger partial charge >= 0.3 is 5.97 Å². The van der Waals surface area contributed by atoms with Gasteiger partial charge in [-0.3, -0.25) is 4.79 Å². The fourth-order valence-corrected chi connectivity index (χ4v) is 1.38. The number of ether oxygens (including phenoxy) is 1. The zero-order chi connectivity index (χ0) is 11.4. The maximum absolute atomic E-state index is 11.5. The van der Waals surface area contributed by atoms with Gasteiger partial charge in [0, 0.05) is 5.56 Å². The molecule has 15 heavy (non-hydrogen) atoms. The van der Waals surface area contributed by atoms with Gasteiger partial charge in [0.25, 0.3) is 0 Å². The van der Waals surface area contributed by atoms with Crippen molar-refractivity contribution >= 4 is 12.3 Å². The highest BCUT2D eigenvalue weighted by Crippen LogP contribution is 2.16. The van der Waals surface area contributed by atoms with E-state index in [-0.39, 0.29) is 5.97 Å². The van der Waals surface area contributed by atoms with Crippen LogP contribution in [0.1, 0.15) is 38.8 Å². The van der Waals surface area contributed by atoms with Crippen LogP contribution in [0, 0.1) is 13.8 Å². The summed E-state index contributed by atoms with van der Waals surface area (Å²) in [5.74, 6) is -0.373. The molecule has 0 unspecified atom stereocenters. The molecule has 0 bridgehead atoms. The lowest BCUT2D eigenvalue weighted by molar-refractivity contribution is 0.0525. The number of carbonyl (C=O) groups excluding carboxylic acids is 2. The molecule has 0 saturated carbocycles. The summed E-state index contributed by atoms with van der Waals surface area (Å²) in [5.41, 5.74) is 2.75. The van der Waals surface area contributed by atoms with Crippen LogP contribution in [0.15, 0.2) is 12.1 Å². The maximum Gasteiger partial charge on any atom is 0.338 e. The summed E-state index contributed by atoms with van der Waals surface area (Å²) in [4.78, 5) is 22.2. The molecule has 0 heterocycles. The van der Waals surface area contributed by atoms with Crippen molar-refractivity contribution in [2.45, 2.75) is 20.8 Å². The monoisotopic (exact) mass is 206 g/mol. The average Bonchev–Trinajstić information content (AvgIpc) is 2.22. The van der Waals surface area contributed by atoms with Crippen LogP contribution in [0.4, 0.5) is 0 Å². The molecule has 0 aromatic heterocycles. The number of benzene rings is 1. The van der Waals surface area contributed by atoms with Gasteiger partial charge in [0.1, 0.15) is 6.29 Å². The van der Waals surface area contributed by atoms with Gasteiger partial charge in [-0.2, -0.15) is 0 Å². The maximum atomic E-state index is 11.5. The van der Waals surface area contributed by atoms with E-state index in [9.17, 15) is 9.59 Å². The van der Waals surface area contributed by atoms with Gasteiger partial charge in [0.15, 0.2) is 0 Å². The Bertz CT molecular complexity index is 394. The lowest BCUT2D eigenvalue weighted by Crippen LogP contribution is -2.08. The third kappa shape index (κ3) is 2.43. The number of aldehydes is 1. The Morgan fingerprint density at radius 3 is 2.60 bits per heavy atom. The number of aryl methyl sites for hydroxylation is 1. The number of hydrogen-bond donors (Lipinski definition) is 0. The predicted molar refractivity (Wildman–Crippen MR) is 57.3 cm³/mol. The topological polar surface area (TPSA) is 43.4 Å². The van der Waals surface area contributed by atoms with Gasteiger partial charge in [-0.05, 0) is 44.0 Å². The van der Waals surface area contributed by atoms with E-state index in [1.54, 1.807) is 19.1 Å². The van der Waals surface area contributed by atoms with Gasteiger partial charge in [0.2, 0.25) is 0 Å². The van der Waals surface area contributed by atoms with Gasteiger partial charge in [-0.25, -0.2) is 4.79 Å². The van der Waals surface area contributed by atoms with E-state index in [0.29, 0.717) is 17.7 Å². The summed E-state index contributed by atoms with van der Waals surface area (Å²) in [7, 11) is 0. The number of carbonyl (C=O) groups is 2. The Morgan fingerprint density at radius 2 is 2.07 bits per heavy atom. The van der Waals surface area contributed by atoms with Crippen molar-refractivity contribution in [2.75, 3.05) is 6.61 Å². The first-order chi connectivity index (χ1) is 7.10. The van der Waals surface area contributed by atoms with E-state index >= 15 is 0 Å². The summed E-state index contributed by atoms with van der Waals surface area (Å²) in [5, 5.41) is 0. The van der Waals surface area contributed by atoms with E-state index < -0.39 is 0 Å². The molecule has 0 saturated heterocycles. The second-order valence-corrected chi connectivity index (χ2v) is 3.35. The fraction of sp³-hybridized carbons (Fsp3) is 0.333. The zero-order valence-corrected chi connectivity index (χ0v) is 9.16. The standard InChI is InChI=1S/C12H14O3/c1-4-15-12(14)11-6-10(7-13)5-8(2)9(11)3/h5-7H,4H2,1-3H3. The van der Waals surface area contributed by atoms with Crippen molar-refractivity contribution in [3.8, 4) is 0 Å². The van der Waals surface area contributed by atoms with Crippen LogP contribution in [0.3, 0.4) is 0 Å². The molecule has 0 fully saturated rings. The Balaban J connectivity index is 3.21. The first kappa shape index (κ1) is 11.4. The highest BCUT2D eigenvalue weighted by Gasteiger charge is 2.12. The zero-order valence-electron chi connectivity index (χ0n) is 9.16. The molecule has 0 spiro atoms. The van der Waals surface area contributed by atoms with Gasteiger partial charge < -0.3 is 4.74 Å². The number of esters is 1. The molecule has 0 aliphatic carbocycles. The minimum Gasteiger partial charge on any atom is -0.462 e. The Labute approximate surface area is 89.1 Å². The fourth-order valence-electron chi connectivity index (χ4n) is 1.38. The minimum atomic E-state index is -0.373. The molecule has 1 aromatic rings. The molecular formula is C12H14O3. The molecule has 0 N–H and O–H groups in total. The molecule has 0 atom stereocenters. The van der Waals surface area contributed by atoms with E-state index in [1.165, 1.54) is 0 Å². The highest BCUT2D eigenvalue weighted by molar-refractivity contribution is 5.93. The van der Waals surface area contributed by atoms with Crippen LogP contribution < -0.4 is 0 Å². The number of hydrogen-bond acceptors (Lipinski definition) is 3. The van der Waals surface area contributed by atoms with Gasteiger partial charge in [-0.1, -0.05) is 0 Å². The normalized spacial score (nSPS) is 9.80. The molecule has 80 valence electrons. The molecule has 3 heteroatoms. The van der Waals surface area contributed by atoms with Crippen LogP contribution in [0.25, 0.3) is 0 Å². The second-order valence-electron chi connectivity index (χ2n) is 3.35. The lowest BCUT2D eigenvalue weighted by Gasteiger charge is -2.08. The Hall–Kier alpha value is -1.64. The Morgan fingerprint density at radius 1 is 1.40 bits per heavy atom. The molecule has 0 aliphatic heterocycles. The summed E-state index contributed by atoms with van der Waals surface area (Å²) >= 11 is 0. The average molecular weight is 206 g/mol. The van der Waals surface area contributed by atoms with Crippen molar-refractivity contribution in [2.24, 2.45) is 0 Å². The molecule has 0 aliphatic rings. The highest BCUT2D eigenvalue weighted by atomic mass is 16.5. The van der Waals surface area contributed by atoms with Crippen molar-refractivity contribution in [3.05, 3.63) is 34.4 Å². The predicted octanol–water partition coefficient (Wildman–Crippen LogP) is 2.29. The van der Waals surface area contributed by atoms with Crippen LogP contribution in [0.2, 0.25) is 0 Å². The van der Waals surface area contributed by atoms with Crippen LogP contribution in [0.5, 0.6) is 0 Å².